The number of halogens is 1. The van der Waals surface area contributed by atoms with Crippen LogP contribution in [0, 0.1) is 0 Å². The minimum absolute atomic E-state index is 0.655. The first kappa shape index (κ1) is 13.4. The number of rotatable bonds is 1. The zero-order chi connectivity index (χ0) is 14.9. The summed E-state index contributed by atoms with van der Waals surface area (Å²) >= 11 is 7.89. The van der Waals surface area contributed by atoms with E-state index >= 15 is 0 Å². The van der Waals surface area contributed by atoms with Crippen LogP contribution >= 0.6 is 22.9 Å². The van der Waals surface area contributed by atoms with Gasteiger partial charge in [-0.05, 0) is 42.5 Å². The van der Waals surface area contributed by atoms with Gasteiger partial charge in [0, 0.05) is 0 Å². The van der Waals surface area contributed by atoms with E-state index in [-0.39, 0.29) is 0 Å². The van der Waals surface area contributed by atoms with Crippen molar-refractivity contribution >= 4 is 38.8 Å². The van der Waals surface area contributed by atoms with Crippen LogP contribution in [0.15, 0.2) is 71.7 Å². The lowest BCUT2D eigenvalue weighted by atomic mass is 10.2. The second kappa shape index (κ2) is 5.52. The Hall–Kier alpha value is -2.23. The van der Waals surface area contributed by atoms with Crippen LogP contribution in [0.3, 0.4) is 0 Å². The Balaban J connectivity index is 1.92. The molecule has 0 bridgehead atoms. The Labute approximate surface area is 136 Å². The van der Waals surface area contributed by atoms with Gasteiger partial charge in [0.2, 0.25) is 0 Å². The van der Waals surface area contributed by atoms with E-state index in [2.05, 4.69) is 22.1 Å². The molecular weight excluding hydrogens is 312 g/mol. The van der Waals surface area contributed by atoms with E-state index in [1.165, 1.54) is 4.70 Å². The third-order valence-electron chi connectivity index (χ3n) is 3.37. The first-order valence-electron chi connectivity index (χ1n) is 6.88. The Morgan fingerprint density at radius 3 is 2.64 bits per heavy atom. The molecule has 0 saturated heterocycles. The van der Waals surface area contributed by atoms with E-state index in [1.807, 2.05) is 54.6 Å². The summed E-state index contributed by atoms with van der Waals surface area (Å²) in [6, 6.07) is 21.8. The molecule has 0 saturated carbocycles. The fourth-order valence-electron chi connectivity index (χ4n) is 2.31. The maximum atomic E-state index is 6.17. The third-order valence-corrected chi connectivity index (χ3v) is 4.80. The average molecular weight is 323 g/mol. The minimum Gasteiger partial charge on any atom is -0.247 e. The van der Waals surface area contributed by atoms with Crippen LogP contribution in [-0.2, 0) is 0 Å². The molecule has 1 heterocycles. The molecule has 4 heteroatoms. The normalized spacial score (nSPS) is 12.1. The molecule has 0 radical (unpaired) electrons. The van der Waals surface area contributed by atoms with Gasteiger partial charge in [-0.2, -0.15) is 0 Å². The molecule has 0 unspecified atom stereocenters. The molecule has 2 aromatic rings. The number of nitrogens with zero attached hydrogens (tertiary/aromatic N) is 2. The van der Waals surface area contributed by atoms with Crippen LogP contribution in [0.1, 0.15) is 0 Å². The van der Waals surface area contributed by atoms with Crippen LogP contribution in [0.4, 0.5) is 5.69 Å². The van der Waals surface area contributed by atoms with Gasteiger partial charge < -0.3 is 0 Å². The number of aromatic nitrogens is 1. The van der Waals surface area contributed by atoms with E-state index in [0.29, 0.717) is 5.02 Å². The first-order valence-corrected chi connectivity index (χ1v) is 8.08. The summed E-state index contributed by atoms with van der Waals surface area (Å²) in [5.74, 6) is 0. The van der Waals surface area contributed by atoms with Crippen LogP contribution in [0.2, 0.25) is 5.02 Å². The van der Waals surface area contributed by atoms with E-state index in [0.717, 1.165) is 27.1 Å². The van der Waals surface area contributed by atoms with Gasteiger partial charge in [-0.3, -0.25) is 0 Å². The van der Waals surface area contributed by atoms with Crippen LogP contribution in [-0.4, -0.2) is 4.98 Å². The summed E-state index contributed by atoms with van der Waals surface area (Å²) in [5, 5.41) is 1.54. The van der Waals surface area contributed by atoms with E-state index < -0.39 is 0 Å². The molecule has 0 spiro atoms. The van der Waals surface area contributed by atoms with E-state index in [9.17, 15) is 0 Å². The van der Waals surface area contributed by atoms with Crippen molar-refractivity contribution in [2.45, 2.75) is 0 Å². The monoisotopic (exact) mass is 322 g/mol. The fraction of sp³-hybridized carbons (Fsp3) is 0. The molecule has 0 amide bonds. The Morgan fingerprint density at radius 2 is 1.73 bits per heavy atom. The predicted molar refractivity (Wildman–Crippen MR) is 92.9 cm³/mol. The van der Waals surface area contributed by atoms with Crippen molar-refractivity contribution in [2.24, 2.45) is 4.99 Å². The zero-order valence-corrected chi connectivity index (χ0v) is 13.1. The lowest BCUT2D eigenvalue weighted by Crippen LogP contribution is -2.01. The molecule has 0 fully saturated rings. The Bertz CT molecular complexity index is 1010. The summed E-state index contributed by atoms with van der Waals surface area (Å²) < 4.78 is 1.17. The standard InChI is InChI=1S/C18H11ClN2S/c19-13-5-1-2-6-14(13)20-12-9-10-16-18(11-12)22-17-8-4-3-7-15(17)21-16/h1-11H. The smallest absolute Gasteiger partial charge is 0.0823 e. The number of hydrogen-bond donors (Lipinski definition) is 0. The summed E-state index contributed by atoms with van der Waals surface area (Å²) in [5.41, 5.74) is 2.79. The number of benzene rings is 3. The molecule has 1 aliphatic heterocycles. The predicted octanol–water partition coefficient (Wildman–Crippen LogP) is 5.29. The van der Waals surface area contributed by atoms with Crippen molar-refractivity contribution < 1.29 is 0 Å². The topological polar surface area (TPSA) is 25.2 Å². The lowest BCUT2D eigenvalue weighted by molar-refractivity contribution is 1.32. The van der Waals surface area contributed by atoms with Crippen LogP contribution in [0.5, 0.6) is 0 Å². The van der Waals surface area contributed by atoms with Gasteiger partial charge in [0.15, 0.2) is 0 Å². The SMILES string of the molecule is Clc1ccccc1N=c1ccc2nc3ccccc3sc-2c1. The highest BCUT2D eigenvalue weighted by Gasteiger charge is 2.06. The van der Waals surface area contributed by atoms with Gasteiger partial charge in [-0.1, -0.05) is 35.9 Å². The van der Waals surface area contributed by atoms with E-state index in [1.54, 1.807) is 11.3 Å². The summed E-state index contributed by atoms with van der Waals surface area (Å²) in [6.45, 7) is 0. The number of hydrogen-bond acceptors (Lipinski definition) is 3. The van der Waals surface area contributed by atoms with Gasteiger partial charge in [0.05, 0.1) is 36.9 Å². The van der Waals surface area contributed by atoms with Crippen LogP contribution in [0.25, 0.3) is 20.8 Å². The molecular formula is C18H11ClN2S. The number of para-hydroxylation sites is 2. The second-order valence-corrected chi connectivity index (χ2v) is 6.39. The molecule has 0 atom stereocenters. The molecule has 22 heavy (non-hydrogen) atoms. The Kier molecular flexibility index (Phi) is 3.37. The average Bonchev–Trinajstić information content (AvgIpc) is 2.55. The van der Waals surface area contributed by atoms with Crippen molar-refractivity contribution in [3.05, 3.63) is 77.1 Å². The quantitative estimate of drug-likeness (QED) is 0.437. The maximum Gasteiger partial charge on any atom is 0.0823 e. The summed E-state index contributed by atoms with van der Waals surface area (Å²) in [6.07, 6.45) is 0. The largest absolute Gasteiger partial charge is 0.247 e. The van der Waals surface area contributed by atoms with Gasteiger partial charge in [0.25, 0.3) is 0 Å². The maximum absolute atomic E-state index is 6.17. The Morgan fingerprint density at radius 1 is 0.909 bits per heavy atom. The van der Waals surface area contributed by atoms with Crippen LogP contribution < -0.4 is 5.36 Å². The molecule has 2 aliphatic rings. The van der Waals surface area contributed by atoms with Gasteiger partial charge in [-0.25, -0.2) is 9.98 Å². The number of fused-ring (bicyclic) bond motifs is 2. The minimum atomic E-state index is 0.655. The molecule has 4 rings (SSSR count). The first-order chi connectivity index (χ1) is 10.8. The van der Waals surface area contributed by atoms with Gasteiger partial charge in [-0.15, -0.1) is 11.3 Å². The lowest BCUT2D eigenvalue weighted by Gasteiger charge is -2.05. The second-order valence-electron chi connectivity index (χ2n) is 4.90. The van der Waals surface area contributed by atoms with Crippen molar-refractivity contribution in [1.29, 1.82) is 0 Å². The van der Waals surface area contributed by atoms with Crippen molar-refractivity contribution in [3.8, 4) is 10.6 Å². The van der Waals surface area contributed by atoms with Gasteiger partial charge >= 0.3 is 0 Å². The summed E-state index contributed by atoms with van der Waals surface area (Å²) in [7, 11) is 0. The molecule has 2 nitrogen and oxygen atoms in total. The molecule has 106 valence electrons. The zero-order valence-electron chi connectivity index (χ0n) is 11.5. The fourth-order valence-corrected chi connectivity index (χ4v) is 3.49. The summed E-state index contributed by atoms with van der Waals surface area (Å²) in [4.78, 5) is 10.4. The highest BCUT2D eigenvalue weighted by atomic mass is 35.5. The van der Waals surface area contributed by atoms with Gasteiger partial charge in [0.1, 0.15) is 0 Å². The highest BCUT2D eigenvalue weighted by molar-refractivity contribution is 7.21. The van der Waals surface area contributed by atoms with E-state index in [4.69, 9.17) is 11.6 Å². The highest BCUT2D eigenvalue weighted by Crippen LogP contribution is 2.29. The van der Waals surface area contributed by atoms with Crippen molar-refractivity contribution in [1.82, 2.24) is 4.98 Å². The van der Waals surface area contributed by atoms with Crippen molar-refractivity contribution in [2.75, 3.05) is 0 Å². The third kappa shape index (κ3) is 2.49. The molecule has 1 aliphatic carbocycles. The molecule has 2 aromatic carbocycles. The molecule has 0 aromatic heterocycles. The van der Waals surface area contributed by atoms with Crippen molar-refractivity contribution in [3.63, 3.8) is 0 Å². The molecule has 0 N–H and O–H groups in total.